The highest BCUT2D eigenvalue weighted by molar-refractivity contribution is 6.54. The summed E-state index contributed by atoms with van der Waals surface area (Å²) in [6.07, 6.45) is 3.94. The molecule has 7 nitrogen and oxygen atoms in total. The van der Waals surface area contributed by atoms with E-state index in [0.717, 1.165) is 52.5 Å². The van der Waals surface area contributed by atoms with Crippen molar-refractivity contribution in [2.45, 2.75) is 20.8 Å². The fraction of sp³-hybridized carbons (Fsp3) is 0.348. The van der Waals surface area contributed by atoms with Gasteiger partial charge in [-0.25, -0.2) is 9.51 Å². The zero-order valence-electron chi connectivity index (χ0n) is 18.5. The Labute approximate surface area is 177 Å². The molecule has 2 N–H and O–H groups in total. The third-order valence-electron chi connectivity index (χ3n) is 5.82. The number of nitrogens with zero attached hydrogens (tertiary/aromatic N) is 5. The Morgan fingerprint density at radius 2 is 1.97 bits per heavy atom. The van der Waals surface area contributed by atoms with E-state index in [1.807, 2.05) is 49.1 Å². The predicted octanol–water partition coefficient (Wildman–Crippen LogP) is 3.82. The van der Waals surface area contributed by atoms with Gasteiger partial charge in [-0.3, -0.25) is 5.41 Å². The summed E-state index contributed by atoms with van der Waals surface area (Å²) < 4.78 is 4.01. The van der Waals surface area contributed by atoms with Gasteiger partial charge in [0.05, 0.1) is 22.6 Å². The van der Waals surface area contributed by atoms with Crippen molar-refractivity contribution in [2.24, 2.45) is 12.0 Å². The summed E-state index contributed by atoms with van der Waals surface area (Å²) in [4.78, 5) is 7.09. The first-order valence-electron chi connectivity index (χ1n) is 10.2. The topological polar surface area (TPSA) is 73.7 Å². The van der Waals surface area contributed by atoms with Gasteiger partial charge in [0.25, 0.3) is 0 Å². The Balaban J connectivity index is 1.82. The largest absolute Gasteiger partial charge is 0.365 e. The summed E-state index contributed by atoms with van der Waals surface area (Å²) in [5, 5.41) is 17.0. The number of allylic oxidation sites excluding steroid dienone is 2. The summed E-state index contributed by atoms with van der Waals surface area (Å²) in [6.45, 7) is 7.93. The van der Waals surface area contributed by atoms with E-state index < -0.39 is 0 Å². The Bertz CT molecular complexity index is 1200. The molecule has 3 aromatic heterocycles. The van der Waals surface area contributed by atoms with Crippen LogP contribution in [0.3, 0.4) is 0 Å². The number of hydrogen-bond donors (Lipinski definition) is 2. The maximum absolute atomic E-state index is 8.90. The van der Waals surface area contributed by atoms with E-state index in [1.165, 1.54) is 5.69 Å². The third-order valence-corrected chi connectivity index (χ3v) is 5.82. The van der Waals surface area contributed by atoms with Gasteiger partial charge in [-0.05, 0) is 64.2 Å². The molecule has 0 aromatic carbocycles. The summed E-state index contributed by atoms with van der Waals surface area (Å²) in [6, 6.07) is 5.95. The van der Waals surface area contributed by atoms with Crippen LogP contribution in [-0.4, -0.2) is 57.7 Å². The number of anilines is 1. The van der Waals surface area contributed by atoms with E-state index in [2.05, 4.69) is 47.7 Å². The molecule has 0 unspecified atom stereocenters. The van der Waals surface area contributed by atoms with Crippen LogP contribution in [0.25, 0.3) is 11.1 Å². The summed E-state index contributed by atoms with van der Waals surface area (Å²) in [5.74, 6) is 0.737. The van der Waals surface area contributed by atoms with Crippen molar-refractivity contribution in [1.82, 2.24) is 19.1 Å². The second kappa shape index (κ2) is 7.57. The van der Waals surface area contributed by atoms with Gasteiger partial charge in [-0.15, -0.1) is 5.10 Å². The van der Waals surface area contributed by atoms with Crippen LogP contribution in [0.4, 0.5) is 11.5 Å². The maximum atomic E-state index is 8.90. The fourth-order valence-corrected chi connectivity index (χ4v) is 4.01. The van der Waals surface area contributed by atoms with E-state index >= 15 is 0 Å². The first kappa shape index (κ1) is 20.1. The molecule has 4 rings (SSSR count). The van der Waals surface area contributed by atoms with Crippen molar-refractivity contribution in [1.29, 1.82) is 5.41 Å². The van der Waals surface area contributed by atoms with Gasteiger partial charge >= 0.3 is 0 Å². The van der Waals surface area contributed by atoms with Gasteiger partial charge in [-0.1, -0.05) is 6.07 Å². The molecule has 0 fully saturated rings. The van der Waals surface area contributed by atoms with Crippen LogP contribution in [0, 0.1) is 19.3 Å². The third kappa shape index (κ3) is 3.25. The van der Waals surface area contributed by atoms with E-state index in [1.54, 1.807) is 0 Å². The highest BCUT2D eigenvalue weighted by Gasteiger charge is 2.27. The first-order valence-corrected chi connectivity index (χ1v) is 10.2. The highest BCUT2D eigenvalue weighted by Crippen LogP contribution is 2.34. The van der Waals surface area contributed by atoms with Crippen molar-refractivity contribution >= 4 is 34.0 Å². The molecule has 0 saturated heterocycles. The van der Waals surface area contributed by atoms with Crippen LogP contribution in [0.15, 0.2) is 35.5 Å². The van der Waals surface area contributed by atoms with Crippen molar-refractivity contribution in [3.63, 3.8) is 0 Å². The van der Waals surface area contributed by atoms with Crippen LogP contribution >= 0.6 is 0 Å². The number of fused-ring (bicyclic) bond motifs is 2. The Hall–Kier alpha value is -3.19. The number of rotatable bonds is 5. The van der Waals surface area contributed by atoms with Gasteiger partial charge < -0.3 is 14.8 Å². The lowest BCUT2D eigenvalue weighted by molar-refractivity contribution is 0.425. The first-order chi connectivity index (χ1) is 14.3. The number of likely N-dealkylation sites (N-methyl/N-ethyl adjacent to an activating group) is 1. The van der Waals surface area contributed by atoms with Crippen molar-refractivity contribution in [3.05, 3.63) is 53.0 Å². The smallest absolute Gasteiger partial charge is 0.175 e. The van der Waals surface area contributed by atoms with E-state index in [4.69, 9.17) is 10.4 Å². The Morgan fingerprint density at radius 3 is 2.70 bits per heavy atom. The molecule has 0 bridgehead atoms. The van der Waals surface area contributed by atoms with Gasteiger partial charge in [-0.2, -0.15) is 0 Å². The molecule has 0 atom stereocenters. The Kier molecular flexibility index (Phi) is 5.07. The minimum Gasteiger partial charge on any atom is -0.365 e. The number of hydrogen-bond acceptors (Lipinski definition) is 5. The average molecular weight is 404 g/mol. The lowest BCUT2D eigenvalue weighted by Crippen LogP contribution is -2.21. The molecule has 7 heteroatoms. The Morgan fingerprint density at radius 1 is 1.20 bits per heavy atom. The average Bonchev–Trinajstić information content (AvgIpc) is 3.16. The fourth-order valence-electron chi connectivity index (χ4n) is 4.01. The summed E-state index contributed by atoms with van der Waals surface area (Å²) in [5.41, 5.74) is 8.36. The van der Waals surface area contributed by atoms with Crippen LogP contribution in [0.5, 0.6) is 0 Å². The molecular formula is C23H29N7. The van der Waals surface area contributed by atoms with Crippen LogP contribution in [0.1, 0.15) is 29.4 Å². The summed E-state index contributed by atoms with van der Waals surface area (Å²) >= 11 is 0. The highest BCUT2D eigenvalue weighted by atomic mass is 15.3. The normalized spacial score (nSPS) is 15.2. The van der Waals surface area contributed by atoms with Gasteiger partial charge in [0, 0.05) is 37.6 Å². The SMILES string of the molecule is CC1=C/C(=N\c2c(NCCN(C)C)nn3ccccc23)C(=N)c2c(C)c(C)n(C)c21. The minimum atomic E-state index is 0.464. The molecule has 156 valence electrons. The van der Waals surface area contributed by atoms with E-state index in [9.17, 15) is 0 Å². The molecule has 0 spiro atoms. The number of nitrogens with one attached hydrogen (secondary N) is 2. The maximum Gasteiger partial charge on any atom is 0.175 e. The van der Waals surface area contributed by atoms with E-state index in [-0.39, 0.29) is 0 Å². The molecular weight excluding hydrogens is 374 g/mol. The molecule has 0 saturated carbocycles. The van der Waals surface area contributed by atoms with Crippen LogP contribution in [-0.2, 0) is 7.05 Å². The molecule has 1 aliphatic rings. The van der Waals surface area contributed by atoms with E-state index in [0.29, 0.717) is 11.4 Å². The molecule has 30 heavy (non-hydrogen) atoms. The molecule has 0 radical (unpaired) electrons. The zero-order chi connectivity index (χ0) is 21.6. The number of aromatic nitrogens is 3. The van der Waals surface area contributed by atoms with Gasteiger partial charge in [0.1, 0.15) is 5.69 Å². The summed E-state index contributed by atoms with van der Waals surface area (Å²) in [7, 11) is 6.16. The van der Waals surface area contributed by atoms with Crippen LogP contribution in [0.2, 0.25) is 0 Å². The lowest BCUT2D eigenvalue weighted by atomic mass is 9.92. The standard InChI is InChI=1S/C23H29N7/c1-14-13-17(20(24)19-15(2)16(3)29(6)22(14)19)26-21-18-9-7-8-11-30(18)27-23(21)25-10-12-28(4)5/h7-9,11,13,24H,10,12H2,1-6H3,(H,25,27)/b24-20?,26-17+. The second-order valence-electron chi connectivity index (χ2n) is 8.15. The molecule has 3 aromatic rings. The quantitative estimate of drug-likeness (QED) is 0.680. The van der Waals surface area contributed by atoms with Gasteiger partial charge in [0.2, 0.25) is 0 Å². The van der Waals surface area contributed by atoms with Crippen molar-refractivity contribution in [3.8, 4) is 0 Å². The minimum absolute atomic E-state index is 0.464. The number of pyridine rings is 1. The lowest BCUT2D eigenvalue weighted by Gasteiger charge is -2.17. The monoisotopic (exact) mass is 403 g/mol. The zero-order valence-corrected chi connectivity index (χ0v) is 18.5. The van der Waals surface area contributed by atoms with Crippen molar-refractivity contribution < 1.29 is 0 Å². The molecule has 0 amide bonds. The number of aliphatic imine (C=N–C) groups is 1. The molecule has 0 aliphatic heterocycles. The second-order valence-corrected chi connectivity index (χ2v) is 8.15. The van der Waals surface area contributed by atoms with Crippen LogP contribution < -0.4 is 5.32 Å². The molecule has 1 aliphatic carbocycles. The van der Waals surface area contributed by atoms with Crippen molar-refractivity contribution in [2.75, 3.05) is 32.5 Å². The predicted molar refractivity (Wildman–Crippen MR) is 125 cm³/mol. The molecule has 3 heterocycles. The van der Waals surface area contributed by atoms with Gasteiger partial charge in [0.15, 0.2) is 5.82 Å².